The average molecular weight is 430 g/mol. The van der Waals surface area contributed by atoms with Crippen molar-refractivity contribution in [3.8, 4) is 5.75 Å². The van der Waals surface area contributed by atoms with Gasteiger partial charge in [-0.1, -0.05) is 30.3 Å². The standard InChI is InChI=1S/C24H18N2O6/c27-18-12-8-14(9-13-18)20-19-21(32-26(20)17-4-2-1-3-5-17)23(29)25(22(19)28)16-10-6-15(7-11-16)24(30)31/h1-13,19-21,27H,(H,30,31)/t19-,20-,21-/m1/s1. The number of hydrogen-bond donors (Lipinski definition) is 2. The number of phenols is 1. The van der Waals surface area contributed by atoms with Crippen LogP contribution in [0.1, 0.15) is 22.0 Å². The van der Waals surface area contributed by atoms with Crippen LogP contribution in [0.15, 0.2) is 78.9 Å². The number of imide groups is 1. The molecule has 8 heteroatoms. The Morgan fingerprint density at radius 1 is 0.812 bits per heavy atom. The largest absolute Gasteiger partial charge is 0.508 e. The van der Waals surface area contributed by atoms with E-state index in [1.807, 2.05) is 30.3 Å². The second-order valence-electron chi connectivity index (χ2n) is 7.61. The fraction of sp³-hybridized carbons (Fsp3) is 0.125. The zero-order valence-electron chi connectivity index (χ0n) is 16.7. The zero-order valence-corrected chi connectivity index (χ0v) is 16.7. The molecule has 5 rings (SSSR count). The van der Waals surface area contributed by atoms with Gasteiger partial charge in [-0.25, -0.2) is 14.8 Å². The molecule has 3 aromatic carbocycles. The minimum Gasteiger partial charge on any atom is -0.508 e. The van der Waals surface area contributed by atoms with E-state index in [2.05, 4.69) is 0 Å². The number of anilines is 2. The number of amides is 2. The molecule has 160 valence electrons. The predicted octanol–water partition coefficient (Wildman–Crippen LogP) is 3.14. The number of aromatic carboxylic acids is 1. The molecule has 2 heterocycles. The maximum atomic E-state index is 13.5. The number of rotatable bonds is 4. The van der Waals surface area contributed by atoms with E-state index in [1.165, 1.54) is 36.4 Å². The number of fused-ring (bicyclic) bond motifs is 1. The van der Waals surface area contributed by atoms with Crippen molar-refractivity contribution in [1.82, 2.24) is 0 Å². The Morgan fingerprint density at radius 2 is 1.47 bits per heavy atom. The Bertz CT molecular complexity index is 1190. The molecule has 3 aromatic rings. The summed E-state index contributed by atoms with van der Waals surface area (Å²) < 4.78 is 0. The number of hydrogen-bond acceptors (Lipinski definition) is 6. The highest BCUT2D eigenvalue weighted by atomic mass is 16.7. The second-order valence-corrected chi connectivity index (χ2v) is 7.61. The van der Waals surface area contributed by atoms with E-state index in [0.717, 1.165) is 4.90 Å². The van der Waals surface area contributed by atoms with E-state index in [-0.39, 0.29) is 11.3 Å². The zero-order chi connectivity index (χ0) is 22.4. The van der Waals surface area contributed by atoms with Crippen LogP contribution in [0.4, 0.5) is 11.4 Å². The number of benzene rings is 3. The third kappa shape index (κ3) is 3.09. The fourth-order valence-electron chi connectivity index (χ4n) is 4.23. The van der Waals surface area contributed by atoms with Gasteiger partial charge in [0.05, 0.1) is 23.0 Å². The van der Waals surface area contributed by atoms with E-state index < -0.39 is 35.8 Å². The lowest BCUT2D eigenvalue weighted by atomic mass is 9.90. The molecule has 0 saturated carbocycles. The van der Waals surface area contributed by atoms with Crippen molar-refractivity contribution in [3.05, 3.63) is 90.0 Å². The fourth-order valence-corrected chi connectivity index (χ4v) is 4.23. The number of carboxylic acid groups (broad SMARTS) is 1. The lowest BCUT2D eigenvalue weighted by Gasteiger charge is -2.28. The summed E-state index contributed by atoms with van der Waals surface area (Å²) in [6.45, 7) is 0. The summed E-state index contributed by atoms with van der Waals surface area (Å²) in [4.78, 5) is 44.9. The molecule has 0 unspecified atom stereocenters. The smallest absolute Gasteiger partial charge is 0.335 e. The highest BCUT2D eigenvalue weighted by Gasteiger charge is 2.60. The lowest BCUT2D eigenvalue weighted by Crippen LogP contribution is -2.37. The molecule has 0 bridgehead atoms. The number of carbonyl (C=O) groups is 3. The minimum absolute atomic E-state index is 0.0570. The molecule has 3 atom stereocenters. The molecular weight excluding hydrogens is 412 g/mol. The Balaban J connectivity index is 1.55. The predicted molar refractivity (Wildman–Crippen MR) is 114 cm³/mol. The van der Waals surface area contributed by atoms with Crippen molar-refractivity contribution >= 4 is 29.2 Å². The molecule has 2 amide bonds. The average Bonchev–Trinajstić information content (AvgIpc) is 3.31. The molecule has 2 aliphatic rings. The highest BCUT2D eigenvalue weighted by molar-refractivity contribution is 6.24. The number of carboxylic acids is 1. The van der Waals surface area contributed by atoms with Crippen molar-refractivity contribution < 1.29 is 29.4 Å². The SMILES string of the molecule is O=C(O)c1ccc(N2C(=O)[C@@H]3[C@@H](c4ccc(O)cc4)N(c4ccccc4)O[C@H]3C2=O)cc1. The van der Waals surface area contributed by atoms with Crippen LogP contribution in [0.2, 0.25) is 0 Å². The van der Waals surface area contributed by atoms with Gasteiger partial charge in [0.15, 0.2) is 6.10 Å². The van der Waals surface area contributed by atoms with Crippen molar-refractivity contribution in [3.63, 3.8) is 0 Å². The molecule has 2 aliphatic heterocycles. The van der Waals surface area contributed by atoms with E-state index in [9.17, 15) is 19.5 Å². The molecule has 8 nitrogen and oxygen atoms in total. The highest BCUT2D eigenvalue weighted by Crippen LogP contribution is 2.47. The number of nitrogens with zero attached hydrogens (tertiary/aromatic N) is 2. The third-order valence-corrected chi connectivity index (χ3v) is 5.73. The number of hydroxylamine groups is 1. The van der Waals surface area contributed by atoms with Gasteiger partial charge in [-0.05, 0) is 54.1 Å². The summed E-state index contributed by atoms with van der Waals surface area (Å²) in [6, 6.07) is 20.6. The van der Waals surface area contributed by atoms with Crippen LogP contribution in [-0.4, -0.2) is 34.1 Å². The van der Waals surface area contributed by atoms with Gasteiger partial charge >= 0.3 is 5.97 Å². The first-order chi connectivity index (χ1) is 15.5. The number of carbonyl (C=O) groups excluding carboxylic acids is 2. The van der Waals surface area contributed by atoms with E-state index >= 15 is 0 Å². The first kappa shape index (κ1) is 19.8. The summed E-state index contributed by atoms with van der Waals surface area (Å²) in [5.41, 5.74) is 1.75. The molecule has 0 aromatic heterocycles. The van der Waals surface area contributed by atoms with Gasteiger partial charge in [0.1, 0.15) is 11.7 Å². The van der Waals surface area contributed by atoms with Crippen molar-refractivity contribution in [2.24, 2.45) is 5.92 Å². The van der Waals surface area contributed by atoms with Crippen LogP contribution >= 0.6 is 0 Å². The minimum atomic E-state index is -1.10. The summed E-state index contributed by atoms with van der Waals surface area (Å²) in [5.74, 6) is -2.76. The van der Waals surface area contributed by atoms with Crippen molar-refractivity contribution in [2.45, 2.75) is 12.1 Å². The van der Waals surface area contributed by atoms with Crippen LogP contribution in [-0.2, 0) is 14.4 Å². The number of aromatic hydroxyl groups is 1. The Hall–Kier alpha value is -4.17. The van der Waals surface area contributed by atoms with Crippen LogP contribution in [0.25, 0.3) is 0 Å². The molecule has 0 aliphatic carbocycles. The van der Waals surface area contributed by atoms with Crippen molar-refractivity contribution in [1.29, 1.82) is 0 Å². The quantitative estimate of drug-likeness (QED) is 0.613. The summed E-state index contributed by atoms with van der Waals surface area (Å²) in [6.07, 6.45) is -1.03. The van der Waals surface area contributed by atoms with Gasteiger partial charge in [0.2, 0.25) is 5.91 Å². The van der Waals surface area contributed by atoms with Crippen molar-refractivity contribution in [2.75, 3.05) is 9.96 Å². The lowest BCUT2D eigenvalue weighted by molar-refractivity contribution is -0.126. The topological polar surface area (TPSA) is 107 Å². The molecule has 2 N–H and O–H groups in total. The molecule has 0 spiro atoms. The maximum absolute atomic E-state index is 13.5. The Morgan fingerprint density at radius 3 is 2.09 bits per heavy atom. The molecule has 2 saturated heterocycles. The monoisotopic (exact) mass is 430 g/mol. The van der Waals surface area contributed by atoms with Gasteiger partial charge in [0.25, 0.3) is 5.91 Å². The molecule has 32 heavy (non-hydrogen) atoms. The summed E-state index contributed by atoms with van der Waals surface area (Å²) in [7, 11) is 0. The van der Waals surface area contributed by atoms with Crippen LogP contribution in [0.3, 0.4) is 0 Å². The van der Waals surface area contributed by atoms with Crippen LogP contribution in [0, 0.1) is 5.92 Å². The molecular formula is C24H18N2O6. The third-order valence-electron chi connectivity index (χ3n) is 5.73. The Labute approximate surface area is 182 Å². The molecule has 2 fully saturated rings. The maximum Gasteiger partial charge on any atom is 0.335 e. The Kier molecular flexibility index (Phi) is 4.64. The first-order valence-corrected chi connectivity index (χ1v) is 9.97. The first-order valence-electron chi connectivity index (χ1n) is 9.97. The summed E-state index contributed by atoms with van der Waals surface area (Å²) >= 11 is 0. The summed E-state index contributed by atoms with van der Waals surface area (Å²) in [5, 5.41) is 20.4. The van der Waals surface area contributed by atoms with Gasteiger partial charge in [-0.15, -0.1) is 0 Å². The van der Waals surface area contributed by atoms with Crippen LogP contribution in [0.5, 0.6) is 5.75 Å². The second kappa shape index (κ2) is 7.51. The number of phenolic OH excluding ortho intramolecular Hbond substituents is 1. The number of para-hydroxylation sites is 1. The van der Waals surface area contributed by atoms with Gasteiger partial charge in [-0.3, -0.25) is 14.4 Å². The molecule has 0 radical (unpaired) electrons. The van der Waals surface area contributed by atoms with Gasteiger partial charge in [-0.2, -0.15) is 0 Å². The van der Waals surface area contributed by atoms with Crippen LogP contribution < -0.4 is 9.96 Å². The van der Waals surface area contributed by atoms with Gasteiger partial charge in [0, 0.05) is 0 Å². The van der Waals surface area contributed by atoms with Gasteiger partial charge < -0.3 is 10.2 Å². The van der Waals surface area contributed by atoms with E-state index in [4.69, 9.17) is 9.94 Å². The van der Waals surface area contributed by atoms with E-state index in [0.29, 0.717) is 16.9 Å². The normalized spacial score (nSPS) is 22.3. The van der Waals surface area contributed by atoms with E-state index in [1.54, 1.807) is 17.2 Å².